The molecule has 1 aliphatic rings. The van der Waals surface area contributed by atoms with Crippen molar-refractivity contribution in [3.63, 3.8) is 0 Å². The zero-order valence-electron chi connectivity index (χ0n) is 14.0. The summed E-state index contributed by atoms with van der Waals surface area (Å²) in [5.74, 6) is -0.212. The van der Waals surface area contributed by atoms with Crippen LogP contribution in [0.25, 0.3) is 0 Å². The van der Waals surface area contributed by atoms with Gasteiger partial charge < -0.3 is 4.74 Å². The van der Waals surface area contributed by atoms with Crippen molar-refractivity contribution < 1.29 is 17.9 Å². The molecule has 0 amide bonds. The Labute approximate surface area is 158 Å². The summed E-state index contributed by atoms with van der Waals surface area (Å²) in [6.45, 7) is 0. The molecule has 2 aromatic carbocycles. The average molecular weight is 392 g/mol. The highest BCUT2D eigenvalue weighted by molar-refractivity contribution is 7.78. The summed E-state index contributed by atoms with van der Waals surface area (Å²) in [5, 5.41) is 8.27. The Morgan fingerprint density at radius 3 is 2.56 bits per heavy atom. The maximum atomic E-state index is 12.3. The Morgan fingerprint density at radius 2 is 1.85 bits per heavy atom. The van der Waals surface area contributed by atoms with Crippen molar-refractivity contribution in [1.82, 2.24) is 5.43 Å². The monoisotopic (exact) mass is 392 g/mol. The minimum atomic E-state index is -4.69. The van der Waals surface area contributed by atoms with Crippen LogP contribution in [-0.2, 0) is 6.42 Å². The third kappa shape index (κ3) is 5.27. The molecule has 9 heteroatoms. The van der Waals surface area contributed by atoms with E-state index in [9.17, 15) is 13.2 Å². The molecule has 140 valence electrons. The summed E-state index contributed by atoms with van der Waals surface area (Å²) in [4.78, 5) is 0. The van der Waals surface area contributed by atoms with Gasteiger partial charge >= 0.3 is 6.36 Å². The van der Waals surface area contributed by atoms with E-state index in [2.05, 4.69) is 38.0 Å². The molecule has 0 radical (unpaired) electrons. The van der Waals surface area contributed by atoms with Gasteiger partial charge in [-0.05, 0) is 54.3 Å². The van der Waals surface area contributed by atoms with Gasteiger partial charge in [0.25, 0.3) is 0 Å². The topological polar surface area (TPSA) is 58.0 Å². The van der Waals surface area contributed by atoms with Crippen molar-refractivity contribution in [2.24, 2.45) is 10.2 Å². The first kappa shape index (κ1) is 18.8. The normalized spacial score (nSPS) is 15.0. The van der Waals surface area contributed by atoms with E-state index in [1.165, 1.54) is 17.6 Å². The first-order valence-corrected chi connectivity index (χ1v) is 8.46. The third-order valence-electron chi connectivity index (χ3n) is 3.82. The van der Waals surface area contributed by atoms with Gasteiger partial charge in [0.05, 0.1) is 23.1 Å². The number of ether oxygens (including phenoxy) is 1. The number of hydrazone groups is 2. The van der Waals surface area contributed by atoms with Gasteiger partial charge in [-0.25, -0.2) is 0 Å². The number of aryl methyl sites for hydroxylation is 1. The summed E-state index contributed by atoms with van der Waals surface area (Å²) in [6.07, 6.45) is -1.80. The van der Waals surface area contributed by atoms with Gasteiger partial charge in [-0.3, -0.25) is 10.9 Å². The number of anilines is 1. The Balaban J connectivity index is 1.67. The molecule has 3 rings (SSSR count). The summed E-state index contributed by atoms with van der Waals surface area (Å²) in [6, 6.07) is 11.7. The Hall–Kier alpha value is -2.94. The second-order valence-corrected chi connectivity index (χ2v) is 5.90. The van der Waals surface area contributed by atoms with Gasteiger partial charge in [0.1, 0.15) is 5.75 Å². The molecule has 0 aromatic heterocycles. The van der Waals surface area contributed by atoms with E-state index in [0.717, 1.165) is 28.1 Å². The fourth-order valence-corrected chi connectivity index (χ4v) is 2.74. The van der Waals surface area contributed by atoms with Gasteiger partial charge in [-0.2, -0.15) is 10.2 Å². The van der Waals surface area contributed by atoms with Crippen LogP contribution in [0.1, 0.15) is 23.1 Å². The summed E-state index contributed by atoms with van der Waals surface area (Å²) in [5.41, 5.74) is 10.9. The summed E-state index contributed by atoms with van der Waals surface area (Å²) >= 11 is 4.60. The van der Waals surface area contributed by atoms with E-state index >= 15 is 0 Å². The minimum absolute atomic E-state index is 0.212. The van der Waals surface area contributed by atoms with Crippen LogP contribution in [0.2, 0.25) is 0 Å². The SMILES string of the molecule is FC(F)(F)Oc1ccc2c(c1)CC/C2=N\Nc1ccc(/C=N/NC=S)cc1. The number of rotatable bonds is 6. The second kappa shape index (κ2) is 8.17. The third-order valence-corrected chi connectivity index (χ3v) is 3.93. The lowest BCUT2D eigenvalue weighted by Gasteiger charge is -2.10. The molecular formula is C18H15F3N4OS. The molecule has 2 N–H and O–H groups in total. The van der Waals surface area contributed by atoms with E-state index in [0.29, 0.717) is 12.8 Å². The van der Waals surface area contributed by atoms with Crippen LogP contribution in [0.15, 0.2) is 52.7 Å². The molecule has 1 aliphatic carbocycles. The van der Waals surface area contributed by atoms with Crippen molar-refractivity contribution in [3.05, 3.63) is 59.2 Å². The molecule has 27 heavy (non-hydrogen) atoms. The highest BCUT2D eigenvalue weighted by Gasteiger charge is 2.31. The number of benzene rings is 2. The number of hydrogen-bond donors (Lipinski definition) is 2. The van der Waals surface area contributed by atoms with E-state index in [1.54, 1.807) is 12.3 Å². The van der Waals surface area contributed by atoms with E-state index in [1.807, 2.05) is 24.3 Å². The number of fused-ring (bicyclic) bond motifs is 1. The smallest absolute Gasteiger partial charge is 0.406 e. The zero-order valence-corrected chi connectivity index (χ0v) is 14.8. The van der Waals surface area contributed by atoms with Gasteiger partial charge in [0.2, 0.25) is 0 Å². The molecule has 2 aromatic rings. The molecule has 0 saturated heterocycles. The predicted molar refractivity (Wildman–Crippen MR) is 102 cm³/mol. The molecule has 0 bridgehead atoms. The lowest BCUT2D eigenvalue weighted by molar-refractivity contribution is -0.274. The lowest BCUT2D eigenvalue weighted by Crippen LogP contribution is -2.17. The van der Waals surface area contributed by atoms with Crippen LogP contribution in [0.3, 0.4) is 0 Å². The van der Waals surface area contributed by atoms with Crippen LogP contribution in [0.5, 0.6) is 5.75 Å². The van der Waals surface area contributed by atoms with Crippen molar-refractivity contribution in [3.8, 4) is 5.75 Å². The zero-order chi connectivity index (χ0) is 19.3. The summed E-state index contributed by atoms with van der Waals surface area (Å²) in [7, 11) is 0. The van der Waals surface area contributed by atoms with Gasteiger partial charge in [-0.15, -0.1) is 13.2 Å². The lowest BCUT2D eigenvalue weighted by atomic mass is 10.1. The highest BCUT2D eigenvalue weighted by Crippen LogP contribution is 2.30. The van der Waals surface area contributed by atoms with Gasteiger partial charge in [0.15, 0.2) is 0 Å². The van der Waals surface area contributed by atoms with E-state index in [-0.39, 0.29) is 5.75 Å². The van der Waals surface area contributed by atoms with Crippen molar-refractivity contribution >= 4 is 35.3 Å². The van der Waals surface area contributed by atoms with E-state index < -0.39 is 6.36 Å². The maximum Gasteiger partial charge on any atom is 0.573 e. The molecule has 0 spiro atoms. The molecule has 0 aliphatic heterocycles. The van der Waals surface area contributed by atoms with Crippen LogP contribution >= 0.6 is 12.2 Å². The number of hydrogen-bond acceptors (Lipinski definition) is 5. The number of thiocarbonyl (C=S) groups is 1. The average Bonchev–Trinajstić information content (AvgIpc) is 3.02. The molecule has 5 nitrogen and oxygen atoms in total. The van der Waals surface area contributed by atoms with E-state index in [4.69, 9.17) is 0 Å². The fourth-order valence-electron chi connectivity index (χ4n) is 2.68. The number of alkyl halides is 3. The largest absolute Gasteiger partial charge is 0.573 e. The molecule has 0 atom stereocenters. The second-order valence-electron chi connectivity index (χ2n) is 5.66. The Bertz CT molecular complexity index is 879. The number of nitrogens with one attached hydrogen (secondary N) is 2. The molecule has 0 fully saturated rings. The molecule has 0 unspecified atom stereocenters. The van der Waals surface area contributed by atoms with Gasteiger partial charge in [0, 0.05) is 5.56 Å². The predicted octanol–water partition coefficient (Wildman–Crippen LogP) is 4.23. The highest BCUT2D eigenvalue weighted by atomic mass is 32.1. The number of nitrogens with zero attached hydrogens (tertiary/aromatic N) is 2. The van der Waals surface area contributed by atoms with Gasteiger partial charge in [-0.1, -0.05) is 24.4 Å². The van der Waals surface area contributed by atoms with Crippen LogP contribution < -0.4 is 15.6 Å². The van der Waals surface area contributed by atoms with Crippen LogP contribution in [0.4, 0.5) is 18.9 Å². The molecule has 0 heterocycles. The first-order chi connectivity index (χ1) is 12.9. The number of halogens is 3. The standard InChI is InChI=1S/C18H15F3N4OS/c19-18(20,21)26-15-6-7-16-13(9-15)3-8-17(16)25-24-14-4-1-12(2-5-14)10-22-23-11-27/h1-2,4-7,9-11,24H,3,8H2,(H,23,27)/b22-10+,25-17+. The van der Waals surface area contributed by atoms with Crippen molar-refractivity contribution in [1.29, 1.82) is 0 Å². The molecule has 0 saturated carbocycles. The Morgan fingerprint density at radius 1 is 1.07 bits per heavy atom. The Kier molecular flexibility index (Phi) is 5.70. The quantitative estimate of drug-likeness (QED) is 0.439. The fraction of sp³-hybridized carbons (Fsp3) is 0.167. The van der Waals surface area contributed by atoms with Crippen LogP contribution in [0, 0.1) is 0 Å². The van der Waals surface area contributed by atoms with Crippen LogP contribution in [-0.4, -0.2) is 23.8 Å². The summed E-state index contributed by atoms with van der Waals surface area (Å²) < 4.78 is 40.9. The maximum absolute atomic E-state index is 12.3. The van der Waals surface area contributed by atoms with Crippen molar-refractivity contribution in [2.75, 3.05) is 5.43 Å². The molecular weight excluding hydrogens is 377 g/mol. The first-order valence-electron chi connectivity index (χ1n) is 7.98. The van der Waals surface area contributed by atoms with Crippen molar-refractivity contribution in [2.45, 2.75) is 19.2 Å². The minimum Gasteiger partial charge on any atom is -0.406 e.